The quantitative estimate of drug-likeness (QED) is 0.709. The normalized spacial score (nSPS) is 13.6. The van der Waals surface area contributed by atoms with Gasteiger partial charge in [0.15, 0.2) is 0 Å². The Balaban J connectivity index is 3.41. The van der Waals surface area contributed by atoms with E-state index in [1.165, 1.54) is 0 Å². The molecule has 0 aliphatic carbocycles. The summed E-state index contributed by atoms with van der Waals surface area (Å²) in [7, 11) is -3.67. The molecule has 0 fully saturated rings. The van der Waals surface area contributed by atoms with Crippen molar-refractivity contribution in [2.45, 2.75) is 38.6 Å². The minimum atomic E-state index is -3.67. The fourth-order valence-corrected chi connectivity index (χ4v) is 3.61. The van der Waals surface area contributed by atoms with Crippen LogP contribution in [-0.4, -0.2) is 26.2 Å². The van der Waals surface area contributed by atoms with E-state index in [1.54, 1.807) is 26.8 Å². The molecule has 102 valence electrons. The molecule has 6 heteroatoms. The van der Waals surface area contributed by atoms with Crippen LogP contribution in [0.25, 0.3) is 0 Å². The molecule has 0 saturated carbocycles. The van der Waals surface area contributed by atoms with Crippen LogP contribution in [0.1, 0.15) is 23.6 Å². The number of hydrogen-bond acceptors (Lipinski definition) is 4. The molecule has 0 heterocycles. The molecule has 0 aliphatic rings. The molecule has 1 aromatic rings. The fourth-order valence-electron chi connectivity index (χ4n) is 1.81. The van der Waals surface area contributed by atoms with E-state index in [2.05, 4.69) is 4.72 Å². The monoisotopic (exact) mass is 272 g/mol. The largest absolute Gasteiger partial charge is 0.398 e. The van der Waals surface area contributed by atoms with Crippen molar-refractivity contribution in [3.8, 4) is 0 Å². The highest BCUT2D eigenvalue weighted by Gasteiger charge is 2.23. The average molecular weight is 272 g/mol. The minimum Gasteiger partial charge on any atom is -0.398 e. The lowest BCUT2D eigenvalue weighted by Crippen LogP contribution is -2.35. The molecule has 0 saturated heterocycles. The van der Waals surface area contributed by atoms with Gasteiger partial charge in [0.1, 0.15) is 0 Å². The van der Waals surface area contributed by atoms with Crippen molar-refractivity contribution in [1.29, 1.82) is 0 Å². The maximum Gasteiger partial charge on any atom is 0.241 e. The third-order valence-electron chi connectivity index (χ3n) is 2.98. The third-order valence-corrected chi connectivity index (χ3v) is 4.84. The first-order valence-electron chi connectivity index (χ1n) is 5.70. The van der Waals surface area contributed by atoms with Crippen LogP contribution < -0.4 is 10.5 Å². The molecule has 5 nitrogen and oxygen atoms in total. The molecule has 1 rings (SSSR count). The predicted octanol–water partition coefficient (Wildman–Crippen LogP) is 0.853. The first-order valence-corrected chi connectivity index (χ1v) is 7.18. The Morgan fingerprint density at radius 2 is 1.89 bits per heavy atom. The van der Waals surface area contributed by atoms with E-state index in [0.717, 1.165) is 5.56 Å². The van der Waals surface area contributed by atoms with Crippen LogP contribution in [0.3, 0.4) is 0 Å². The summed E-state index contributed by atoms with van der Waals surface area (Å²) in [4.78, 5) is 0.209. The number of hydrogen-bond donors (Lipinski definition) is 3. The van der Waals surface area contributed by atoms with Gasteiger partial charge in [-0.3, -0.25) is 0 Å². The second-order valence-electron chi connectivity index (χ2n) is 4.57. The lowest BCUT2D eigenvalue weighted by molar-refractivity contribution is 0.265. The lowest BCUT2D eigenvalue weighted by Gasteiger charge is -2.18. The van der Waals surface area contributed by atoms with Crippen molar-refractivity contribution in [3.63, 3.8) is 0 Å². The maximum absolute atomic E-state index is 12.3. The van der Waals surface area contributed by atoms with E-state index < -0.39 is 16.1 Å². The van der Waals surface area contributed by atoms with Gasteiger partial charge in [-0.15, -0.1) is 0 Å². The van der Waals surface area contributed by atoms with Crippen LogP contribution in [-0.2, 0) is 10.0 Å². The number of rotatable bonds is 4. The highest BCUT2D eigenvalue weighted by Crippen LogP contribution is 2.27. The minimum absolute atomic E-state index is 0.209. The molecule has 4 N–H and O–H groups in total. The zero-order valence-corrected chi connectivity index (χ0v) is 11.9. The number of nitrogens with one attached hydrogen (secondary N) is 1. The molecule has 0 bridgehead atoms. The Kier molecular flexibility index (Phi) is 4.37. The number of sulfonamides is 1. The molecule has 0 radical (unpaired) electrons. The number of nitrogens with two attached hydrogens (primary N) is 1. The molecular formula is C12H20N2O3S. The molecule has 0 aliphatic heterocycles. The van der Waals surface area contributed by atoms with Crippen LogP contribution in [0.2, 0.25) is 0 Å². The van der Waals surface area contributed by atoms with E-state index >= 15 is 0 Å². The van der Waals surface area contributed by atoms with E-state index in [9.17, 15) is 8.42 Å². The Hall–Kier alpha value is -1.11. The fraction of sp³-hybridized carbons (Fsp3) is 0.500. The van der Waals surface area contributed by atoms with E-state index in [4.69, 9.17) is 10.8 Å². The Morgan fingerprint density at radius 1 is 1.33 bits per heavy atom. The van der Waals surface area contributed by atoms with Gasteiger partial charge in [0.05, 0.1) is 11.5 Å². The Labute approximate surface area is 108 Å². The second-order valence-corrected chi connectivity index (χ2v) is 6.22. The zero-order valence-electron chi connectivity index (χ0n) is 11.1. The van der Waals surface area contributed by atoms with Crippen LogP contribution in [0.5, 0.6) is 0 Å². The Morgan fingerprint density at radius 3 is 2.39 bits per heavy atom. The molecule has 0 spiro atoms. The standard InChI is InChI=1S/C12H20N2O3S/c1-7-5-11(13)10(4)12(9(7)3)18(16,17)14-8(2)6-15/h5,8,14-15H,6,13H2,1-4H3/t8-/m0/s1. The van der Waals surface area contributed by atoms with Gasteiger partial charge >= 0.3 is 0 Å². The molecule has 18 heavy (non-hydrogen) atoms. The van der Waals surface area contributed by atoms with Crippen LogP contribution in [0, 0.1) is 20.8 Å². The van der Waals surface area contributed by atoms with Crippen molar-refractivity contribution in [1.82, 2.24) is 4.72 Å². The number of benzene rings is 1. The Bertz CT molecular complexity index is 527. The lowest BCUT2D eigenvalue weighted by atomic mass is 10.1. The summed E-state index contributed by atoms with van der Waals surface area (Å²) in [6.07, 6.45) is 0. The van der Waals surface area contributed by atoms with Gasteiger partial charge in [0.2, 0.25) is 10.0 Å². The molecule has 0 unspecified atom stereocenters. The van der Waals surface area contributed by atoms with Crippen molar-refractivity contribution < 1.29 is 13.5 Å². The van der Waals surface area contributed by atoms with Crippen LogP contribution >= 0.6 is 0 Å². The van der Waals surface area contributed by atoms with Crippen molar-refractivity contribution in [2.24, 2.45) is 0 Å². The van der Waals surface area contributed by atoms with Gasteiger partial charge in [-0.2, -0.15) is 0 Å². The summed E-state index contributed by atoms with van der Waals surface area (Å²) in [5.41, 5.74) is 8.31. The molecule has 0 aromatic heterocycles. The van der Waals surface area contributed by atoms with Crippen molar-refractivity contribution in [3.05, 3.63) is 22.8 Å². The van der Waals surface area contributed by atoms with Crippen LogP contribution in [0.15, 0.2) is 11.0 Å². The zero-order chi connectivity index (χ0) is 14.1. The van der Waals surface area contributed by atoms with Gasteiger partial charge < -0.3 is 10.8 Å². The highest BCUT2D eigenvalue weighted by atomic mass is 32.2. The number of anilines is 1. The SMILES string of the molecule is Cc1cc(N)c(C)c(S(=O)(=O)N[C@@H](C)CO)c1C. The van der Waals surface area contributed by atoms with Gasteiger partial charge in [0.25, 0.3) is 0 Å². The molecule has 0 amide bonds. The molecular weight excluding hydrogens is 252 g/mol. The van der Waals surface area contributed by atoms with E-state index in [1.807, 2.05) is 6.92 Å². The number of nitrogen functional groups attached to an aromatic ring is 1. The summed E-state index contributed by atoms with van der Waals surface area (Å²) in [6, 6.07) is 1.23. The molecule has 1 aromatic carbocycles. The number of aliphatic hydroxyl groups excluding tert-OH is 1. The van der Waals surface area contributed by atoms with Gasteiger partial charge in [0, 0.05) is 11.7 Å². The summed E-state index contributed by atoms with van der Waals surface area (Å²) in [6.45, 7) is 6.60. The average Bonchev–Trinajstić information content (AvgIpc) is 2.25. The molecule has 1 atom stereocenters. The third kappa shape index (κ3) is 2.82. The van der Waals surface area contributed by atoms with Gasteiger partial charge in [-0.25, -0.2) is 13.1 Å². The summed E-state index contributed by atoms with van der Waals surface area (Å²) in [5, 5.41) is 8.94. The van der Waals surface area contributed by atoms with E-state index in [-0.39, 0.29) is 11.5 Å². The first-order chi connectivity index (χ1) is 8.20. The smallest absolute Gasteiger partial charge is 0.241 e. The maximum atomic E-state index is 12.3. The van der Waals surface area contributed by atoms with Crippen LogP contribution in [0.4, 0.5) is 5.69 Å². The van der Waals surface area contributed by atoms with E-state index in [0.29, 0.717) is 16.8 Å². The summed E-state index contributed by atoms with van der Waals surface area (Å²) < 4.78 is 27.0. The summed E-state index contributed by atoms with van der Waals surface area (Å²) in [5.74, 6) is 0. The van der Waals surface area contributed by atoms with Gasteiger partial charge in [-0.1, -0.05) is 0 Å². The second kappa shape index (κ2) is 5.26. The summed E-state index contributed by atoms with van der Waals surface area (Å²) >= 11 is 0. The number of aliphatic hydroxyl groups is 1. The predicted molar refractivity (Wildman–Crippen MR) is 71.9 cm³/mol. The number of aryl methyl sites for hydroxylation is 1. The van der Waals surface area contributed by atoms with Crippen molar-refractivity contribution in [2.75, 3.05) is 12.3 Å². The van der Waals surface area contributed by atoms with Gasteiger partial charge in [-0.05, 0) is 50.5 Å². The van der Waals surface area contributed by atoms with Crippen molar-refractivity contribution >= 4 is 15.7 Å². The highest BCUT2D eigenvalue weighted by molar-refractivity contribution is 7.89. The first kappa shape index (κ1) is 14.9. The topological polar surface area (TPSA) is 92.4 Å².